The Morgan fingerprint density at radius 2 is 1.21 bits per heavy atom. The minimum Gasteiger partial charge on any atom is -0.508 e. The Labute approximate surface area is 200 Å². The monoisotopic (exact) mass is 455 g/mol. The Kier molecular flexibility index (Phi) is 6.12. The molecule has 4 aromatic carbocycles. The third-order valence-corrected chi connectivity index (χ3v) is 5.98. The number of nitrogens with zero attached hydrogens (tertiary/aromatic N) is 1. The summed E-state index contributed by atoms with van der Waals surface area (Å²) in [7, 11) is 0. The van der Waals surface area contributed by atoms with Crippen LogP contribution in [0.5, 0.6) is 28.7 Å². The van der Waals surface area contributed by atoms with Crippen LogP contribution in [0.4, 0.5) is 17.1 Å². The van der Waals surface area contributed by atoms with Gasteiger partial charge in [0.05, 0.1) is 11.4 Å². The molecule has 0 aliphatic heterocycles. The van der Waals surface area contributed by atoms with E-state index in [2.05, 4.69) is 0 Å². The normalized spacial score (nSPS) is 10.9. The van der Waals surface area contributed by atoms with Crippen molar-refractivity contribution in [2.45, 2.75) is 34.6 Å². The standard InChI is InChI=1S/C29H29NO4/c1-17-12-24(20(4)26(31)14-17)30(25-13-18(2)15-27(32)21(25)5)22-9-7-10-23(16-22)34-28-11-6-8-19(3)29(28)33/h6-16,31-33H,1-5H3. The predicted octanol–water partition coefficient (Wildman–Crippen LogP) is 7.61. The van der Waals surface area contributed by atoms with Crippen LogP contribution in [0.1, 0.15) is 27.8 Å². The van der Waals surface area contributed by atoms with Crippen LogP contribution in [0.3, 0.4) is 0 Å². The minimum absolute atomic E-state index is 0.101. The van der Waals surface area contributed by atoms with Crippen molar-refractivity contribution < 1.29 is 20.1 Å². The molecule has 0 bridgehead atoms. The second kappa shape index (κ2) is 9.02. The lowest BCUT2D eigenvalue weighted by Crippen LogP contribution is -2.13. The number of aromatic hydroxyl groups is 3. The second-order valence-corrected chi connectivity index (χ2v) is 8.71. The van der Waals surface area contributed by atoms with Crippen LogP contribution in [0, 0.1) is 34.6 Å². The fourth-order valence-corrected chi connectivity index (χ4v) is 4.04. The van der Waals surface area contributed by atoms with Crippen molar-refractivity contribution in [2.24, 2.45) is 0 Å². The summed E-state index contributed by atoms with van der Waals surface area (Å²) in [5.74, 6) is 1.42. The molecule has 174 valence electrons. The largest absolute Gasteiger partial charge is 0.508 e. The first kappa shape index (κ1) is 23.1. The summed E-state index contributed by atoms with van der Waals surface area (Å²) in [5, 5.41) is 31.6. The van der Waals surface area contributed by atoms with Gasteiger partial charge in [0.1, 0.15) is 17.2 Å². The van der Waals surface area contributed by atoms with Gasteiger partial charge in [-0.2, -0.15) is 0 Å². The second-order valence-electron chi connectivity index (χ2n) is 8.71. The van der Waals surface area contributed by atoms with Crippen molar-refractivity contribution in [3.8, 4) is 28.7 Å². The van der Waals surface area contributed by atoms with E-state index in [1.807, 2.05) is 88.0 Å². The number of hydrogen-bond donors (Lipinski definition) is 3. The minimum atomic E-state index is 0.101. The number of phenols is 3. The van der Waals surface area contributed by atoms with Crippen molar-refractivity contribution in [3.63, 3.8) is 0 Å². The maximum absolute atomic E-state index is 10.6. The quantitative estimate of drug-likeness (QED) is 0.289. The van der Waals surface area contributed by atoms with Crippen LogP contribution in [0.25, 0.3) is 0 Å². The van der Waals surface area contributed by atoms with Crippen molar-refractivity contribution >= 4 is 17.1 Å². The molecule has 4 aromatic rings. The molecule has 3 N–H and O–H groups in total. The molecule has 0 radical (unpaired) electrons. The van der Waals surface area contributed by atoms with E-state index in [9.17, 15) is 15.3 Å². The summed E-state index contributed by atoms with van der Waals surface area (Å²) in [6.45, 7) is 9.42. The van der Waals surface area contributed by atoms with E-state index in [1.54, 1.807) is 18.2 Å². The van der Waals surface area contributed by atoms with Crippen molar-refractivity contribution in [2.75, 3.05) is 4.90 Å². The van der Waals surface area contributed by atoms with Crippen LogP contribution in [-0.4, -0.2) is 15.3 Å². The number of ether oxygens (including phenoxy) is 1. The average molecular weight is 456 g/mol. The van der Waals surface area contributed by atoms with Gasteiger partial charge in [0.25, 0.3) is 0 Å². The Bertz CT molecular complexity index is 1320. The van der Waals surface area contributed by atoms with Gasteiger partial charge in [-0.15, -0.1) is 0 Å². The van der Waals surface area contributed by atoms with Gasteiger partial charge < -0.3 is 25.0 Å². The van der Waals surface area contributed by atoms with E-state index in [4.69, 9.17) is 4.74 Å². The van der Waals surface area contributed by atoms with Crippen LogP contribution in [0.2, 0.25) is 0 Å². The molecule has 0 spiro atoms. The Morgan fingerprint density at radius 1 is 0.647 bits per heavy atom. The molecule has 0 amide bonds. The number of rotatable bonds is 5. The van der Waals surface area contributed by atoms with Gasteiger partial charge in [-0.3, -0.25) is 0 Å². The van der Waals surface area contributed by atoms with E-state index in [0.29, 0.717) is 22.6 Å². The smallest absolute Gasteiger partial charge is 0.169 e. The molecular formula is C29H29NO4. The molecule has 0 unspecified atom stereocenters. The van der Waals surface area contributed by atoms with E-state index < -0.39 is 0 Å². The Morgan fingerprint density at radius 3 is 1.79 bits per heavy atom. The molecule has 0 saturated heterocycles. The molecule has 5 heteroatoms. The highest BCUT2D eigenvalue weighted by Crippen LogP contribution is 2.44. The topological polar surface area (TPSA) is 73.2 Å². The van der Waals surface area contributed by atoms with Gasteiger partial charge in [0.2, 0.25) is 0 Å². The third kappa shape index (κ3) is 4.37. The number of aryl methyl sites for hydroxylation is 3. The van der Waals surface area contributed by atoms with Crippen molar-refractivity contribution in [3.05, 3.63) is 94.5 Å². The molecule has 5 nitrogen and oxygen atoms in total. The summed E-state index contributed by atoms with van der Waals surface area (Å²) in [5.41, 5.74) is 6.35. The van der Waals surface area contributed by atoms with Crippen LogP contribution in [0.15, 0.2) is 66.7 Å². The maximum atomic E-state index is 10.6. The summed E-state index contributed by atoms with van der Waals surface area (Å²) < 4.78 is 6.03. The lowest BCUT2D eigenvalue weighted by molar-refractivity contribution is 0.408. The highest BCUT2D eigenvalue weighted by molar-refractivity contribution is 5.83. The third-order valence-electron chi connectivity index (χ3n) is 5.98. The molecular weight excluding hydrogens is 426 g/mol. The van der Waals surface area contributed by atoms with E-state index in [0.717, 1.165) is 33.8 Å². The predicted molar refractivity (Wildman–Crippen MR) is 136 cm³/mol. The van der Waals surface area contributed by atoms with Crippen LogP contribution in [-0.2, 0) is 0 Å². The maximum Gasteiger partial charge on any atom is 0.169 e. The molecule has 0 saturated carbocycles. The molecule has 0 aliphatic carbocycles. The molecule has 0 aliphatic rings. The van der Waals surface area contributed by atoms with Gasteiger partial charge in [-0.05, 0) is 93.8 Å². The fourth-order valence-electron chi connectivity index (χ4n) is 4.04. The highest BCUT2D eigenvalue weighted by atomic mass is 16.5. The van der Waals surface area contributed by atoms with Crippen molar-refractivity contribution in [1.82, 2.24) is 0 Å². The lowest BCUT2D eigenvalue weighted by atomic mass is 10.0. The summed E-state index contributed by atoms with van der Waals surface area (Å²) in [6.07, 6.45) is 0. The van der Waals surface area contributed by atoms with Crippen LogP contribution < -0.4 is 9.64 Å². The Balaban J connectivity index is 1.91. The van der Waals surface area contributed by atoms with Gasteiger partial charge >= 0.3 is 0 Å². The molecule has 0 aromatic heterocycles. The molecule has 4 rings (SSSR count). The van der Waals surface area contributed by atoms with Gasteiger partial charge in [-0.1, -0.05) is 18.2 Å². The van der Waals surface area contributed by atoms with E-state index in [1.165, 1.54) is 0 Å². The fraction of sp³-hybridized carbons (Fsp3) is 0.172. The number of hydrogen-bond acceptors (Lipinski definition) is 5. The highest BCUT2D eigenvalue weighted by Gasteiger charge is 2.21. The molecule has 34 heavy (non-hydrogen) atoms. The zero-order valence-electron chi connectivity index (χ0n) is 20.0. The average Bonchev–Trinajstić information content (AvgIpc) is 2.78. The number of para-hydroxylation sites is 1. The van der Waals surface area contributed by atoms with E-state index >= 15 is 0 Å². The Hall–Kier alpha value is -4.12. The van der Waals surface area contributed by atoms with Gasteiger partial charge in [0, 0.05) is 22.9 Å². The molecule has 0 heterocycles. The zero-order valence-corrected chi connectivity index (χ0v) is 20.0. The lowest BCUT2D eigenvalue weighted by Gasteiger charge is -2.30. The zero-order chi connectivity index (χ0) is 24.6. The van der Waals surface area contributed by atoms with Crippen LogP contribution >= 0.6 is 0 Å². The first-order valence-electron chi connectivity index (χ1n) is 11.1. The molecule has 0 atom stereocenters. The van der Waals surface area contributed by atoms with E-state index in [-0.39, 0.29) is 17.2 Å². The number of anilines is 3. The van der Waals surface area contributed by atoms with Gasteiger partial charge in [-0.25, -0.2) is 0 Å². The molecule has 0 fully saturated rings. The number of benzene rings is 4. The van der Waals surface area contributed by atoms with Crippen molar-refractivity contribution in [1.29, 1.82) is 0 Å². The SMILES string of the molecule is Cc1cc(O)c(C)c(N(c2cccc(Oc3cccc(C)c3O)c2)c2cc(C)cc(O)c2C)c1. The van der Waals surface area contributed by atoms with Gasteiger partial charge in [0.15, 0.2) is 11.5 Å². The first-order valence-corrected chi connectivity index (χ1v) is 11.1. The summed E-state index contributed by atoms with van der Waals surface area (Å²) in [6, 6.07) is 20.4. The summed E-state index contributed by atoms with van der Waals surface area (Å²) in [4.78, 5) is 2.01. The summed E-state index contributed by atoms with van der Waals surface area (Å²) >= 11 is 0. The number of phenolic OH excluding ortho intramolecular Hbond substituents is 3. The first-order chi connectivity index (χ1) is 16.2.